The summed E-state index contributed by atoms with van der Waals surface area (Å²) in [6, 6.07) is 6.32. The minimum Gasteiger partial charge on any atom is -0.378 e. The highest BCUT2D eigenvalue weighted by Crippen LogP contribution is 2.22. The summed E-state index contributed by atoms with van der Waals surface area (Å²) in [6.45, 7) is 1.32. The Balaban J connectivity index is 1.72. The maximum absolute atomic E-state index is 11.7. The molecule has 2 amide bonds. The van der Waals surface area contributed by atoms with E-state index < -0.39 is 4.92 Å². The van der Waals surface area contributed by atoms with Crippen LogP contribution in [0.25, 0.3) is 0 Å². The van der Waals surface area contributed by atoms with Gasteiger partial charge in [-0.25, -0.2) is 0 Å². The van der Waals surface area contributed by atoms with Crippen LogP contribution in [0.15, 0.2) is 24.3 Å². The Hall–Kier alpha value is -2.29. The molecule has 0 aliphatic carbocycles. The van der Waals surface area contributed by atoms with Crippen LogP contribution in [0, 0.1) is 10.1 Å². The molecule has 0 unspecified atom stereocenters. The normalized spacial score (nSPS) is 14.0. The first kappa shape index (κ1) is 16.1. The van der Waals surface area contributed by atoms with Gasteiger partial charge in [0.05, 0.1) is 4.92 Å². The molecule has 0 atom stereocenters. The molecule has 0 saturated carbocycles. The van der Waals surface area contributed by atoms with E-state index in [0.717, 1.165) is 0 Å². The maximum Gasteiger partial charge on any atom is 0.292 e. The molecule has 1 aromatic carbocycles. The first-order chi connectivity index (χ1) is 10.6. The topological polar surface area (TPSA) is 105 Å². The standard InChI is InChI=1S/C13H16N4O4S/c18-12(9-16-7-8-22-13(16)19)15-6-5-14-10-3-1-2-4-11(10)17(20)21/h1-4,14H,5-9H2,(H,15,18). The van der Waals surface area contributed by atoms with E-state index in [1.165, 1.54) is 22.7 Å². The molecule has 8 nitrogen and oxygen atoms in total. The molecule has 1 aromatic rings. The minimum absolute atomic E-state index is 0.00600. The van der Waals surface area contributed by atoms with Crippen LogP contribution in [0.3, 0.4) is 0 Å². The summed E-state index contributed by atoms with van der Waals surface area (Å²) in [6.07, 6.45) is 0. The van der Waals surface area contributed by atoms with Gasteiger partial charge in [-0.15, -0.1) is 0 Å². The zero-order valence-electron chi connectivity index (χ0n) is 11.8. The molecule has 118 valence electrons. The molecular weight excluding hydrogens is 308 g/mol. The lowest BCUT2D eigenvalue weighted by Crippen LogP contribution is -2.39. The third-order valence-corrected chi connectivity index (χ3v) is 3.93. The third-order valence-electron chi connectivity index (χ3n) is 3.04. The van der Waals surface area contributed by atoms with Crippen LogP contribution < -0.4 is 10.6 Å². The second-order valence-corrected chi connectivity index (χ2v) is 5.63. The number of nitrogens with one attached hydrogen (secondary N) is 2. The smallest absolute Gasteiger partial charge is 0.292 e. The lowest BCUT2D eigenvalue weighted by molar-refractivity contribution is -0.384. The largest absolute Gasteiger partial charge is 0.378 e. The Labute approximate surface area is 131 Å². The number of carbonyl (C=O) groups is 2. The Morgan fingerprint density at radius 2 is 2.14 bits per heavy atom. The number of benzene rings is 1. The van der Waals surface area contributed by atoms with E-state index in [0.29, 0.717) is 31.1 Å². The molecule has 0 bridgehead atoms. The fraction of sp³-hybridized carbons (Fsp3) is 0.385. The van der Waals surface area contributed by atoms with Gasteiger partial charge in [-0.1, -0.05) is 23.9 Å². The van der Waals surface area contributed by atoms with Crippen molar-refractivity contribution in [1.29, 1.82) is 0 Å². The molecule has 1 saturated heterocycles. The zero-order chi connectivity index (χ0) is 15.9. The van der Waals surface area contributed by atoms with Crippen molar-refractivity contribution in [2.45, 2.75) is 0 Å². The summed E-state index contributed by atoms with van der Waals surface area (Å²) >= 11 is 1.21. The van der Waals surface area contributed by atoms with E-state index >= 15 is 0 Å². The first-order valence-corrected chi connectivity index (χ1v) is 7.72. The van der Waals surface area contributed by atoms with Gasteiger partial charge in [0.1, 0.15) is 12.2 Å². The average Bonchev–Trinajstić information content (AvgIpc) is 2.89. The lowest BCUT2D eigenvalue weighted by Gasteiger charge is -2.14. The van der Waals surface area contributed by atoms with Crippen LogP contribution in [0.4, 0.5) is 16.2 Å². The van der Waals surface area contributed by atoms with Gasteiger partial charge in [-0.05, 0) is 6.07 Å². The Bertz CT molecular complexity index is 581. The molecular formula is C13H16N4O4S. The number of para-hydroxylation sites is 2. The minimum atomic E-state index is -0.461. The molecule has 1 heterocycles. The van der Waals surface area contributed by atoms with Crippen LogP contribution in [0.5, 0.6) is 0 Å². The van der Waals surface area contributed by atoms with Crippen molar-refractivity contribution in [3.05, 3.63) is 34.4 Å². The van der Waals surface area contributed by atoms with Gasteiger partial charge in [0.2, 0.25) is 5.91 Å². The van der Waals surface area contributed by atoms with Gasteiger partial charge in [0.15, 0.2) is 0 Å². The molecule has 0 radical (unpaired) electrons. The van der Waals surface area contributed by atoms with Gasteiger partial charge >= 0.3 is 0 Å². The van der Waals surface area contributed by atoms with Crippen LogP contribution in [-0.4, -0.2) is 52.9 Å². The highest BCUT2D eigenvalue weighted by molar-refractivity contribution is 8.13. The molecule has 0 spiro atoms. The Morgan fingerprint density at radius 3 is 2.82 bits per heavy atom. The highest BCUT2D eigenvalue weighted by Gasteiger charge is 2.22. The molecule has 9 heteroatoms. The number of rotatable bonds is 7. The molecule has 1 aliphatic rings. The van der Waals surface area contributed by atoms with E-state index in [-0.39, 0.29) is 23.4 Å². The predicted molar refractivity (Wildman–Crippen MR) is 84.0 cm³/mol. The van der Waals surface area contributed by atoms with Gasteiger partial charge in [-0.3, -0.25) is 19.7 Å². The van der Waals surface area contributed by atoms with Gasteiger partial charge in [0, 0.05) is 31.5 Å². The van der Waals surface area contributed by atoms with Crippen molar-refractivity contribution >= 4 is 34.3 Å². The quantitative estimate of drug-likeness (QED) is 0.445. The second-order valence-electron chi connectivity index (χ2n) is 4.59. The fourth-order valence-electron chi connectivity index (χ4n) is 1.98. The van der Waals surface area contributed by atoms with Crippen LogP contribution >= 0.6 is 11.8 Å². The number of hydrogen-bond donors (Lipinski definition) is 2. The number of amides is 2. The lowest BCUT2D eigenvalue weighted by atomic mass is 10.2. The van der Waals surface area contributed by atoms with Crippen molar-refractivity contribution < 1.29 is 14.5 Å². The Morgan fingerprint density at radius 1 is 1.36 bits per heavy atom. The van der Waals surface area contributed by atoms with Gasteiger partial charge < -0.3 is 15.5 Å². The molecule has 2 N–H and O–H groups in total. The summed E-state index contributed by atoms with van der Waals surface area (Å²) in [4.78, 5) is 34.9. The number of carbonyl (C=O) groups excluding carboxylic acids is 2. The van der Waals surface area contributed by atoms with Crippen LogP contribution in [-0.2, 0) is 4.79 Å². The highest BCUT2D eigenvalue weighted by atomic mass is 32.2. The van der Waals surface area contributed by atoms with Gasteiger partial charge in [0.25, 0.3) is 10.9 Å². The number of nitrogens with zero attached hydrogens (tertiary/aromatic N) is 2. The monoisotopic (exact) mass is 324 g/mol. The van der Waals surface area contributed by atoms with E-state index in [1.807, 2.05) is 0 Å². The van der Waals surface area contributed by atoms with Crippen LogP contribution in [0.1, 0.15) is 0 Å². The SMILES string of the molecule is O=C(CN1CCSC1=O)NCCNc1ccccc1[N+](=O)[O-]. The number of thioether (sulfide) groups is 1. The van der Waals surface area contributed by atoms with Crippen molar-refractivity contribution in [1.82, 2.24) is 10.2 Å². The molecule has 1 aliphatic heterocycles. The summed E-state index contributed by atoms with van der Waals surface area (Å²) in [5.41, 5.74) is 0.404. The zero-order valence-corrected chi connectivity index (χ0v) is 12.6. The first-order valence-electron chi connectivity index (χ1n) is 6.73. The van der Waals surface area contributed by atoms with Crippen molar-refractivity contribution in [3.8, 4) is 0 Å². The molecule has 2 rings (SSSR count). The van der Waals surface area contributed by atoms with E-state index in [9.17, 15) is 19.7 Å². The number of hydrogen-bond acceptors (Lipinski definition) is 6. The molecule has 0 aromatic heterocycles. The van der Waals surface area contributed by atoms with Gasteiger partial charge in [-0.2, -0.15) is 0 Å². The molecule has 22 heavy (non-hydrogen) atoms. The average molecular weight is 324 g/mol. The van der Waals surface area contributed by atoms with E-state index in [4.69, 9.17) is 0 Å². The maximum atomic E-state index is 11.7. The van der Waals surface area contributed by atoms with Crippen molar-refractivity contribution in [3.63, 3.8) is 0 Å². The number of anilines is 1. The summed E-state index contributed by atoms with van der Waals surface area (Å²) in [5, 5.41) is 16.4. The molecule has 1 fully saturated rings. The summed E-state index contributed by atoms with van der Waals surface area (Å²) in [7, 11) is 0. The Kier molecular flexibility index (Phi) is 5.59. The van der Waals surface area contributed by atoms with E-state index in [2.05, 4.69) is 10.6 Å². The summed E-state index contributed by atoms with van der Waals surface area (Å²) in [5.74, 6) is 0.478. The third kappa shape index (κ3) is 4.35. The number of nitro benzene ring substituents is 1. The summed E-state index contributed by atoms with van der Waals surface area (Å²) < 4.78 is 0. The van der Waals surface area contributed by atoms with Crippen molar-refractivity contribution in [2.24, 2.45) is 0 Å². The van der Waals surface area contributed by atoms with E-state index in [1.54, 1.807) is 18.2 Å². The fourth-order valence-corrected chi connectivity index (χ4v) is 2.80. The predicted octanol–water partition coefficient (Wildman–Crippen LogP) is 1.29. The second kappa shape index (κ2) is 7.64. The number of nitro groups is 1. The van der Waals surface area contributed by atoms with Crippen molar-refractivity contribution in [2.75, 3.05) is 37.2 Å². The van der Waals surface area contributed by atoms with Crippen LogP contribution in [0.2, 0.25) is 0 Å².